The molecular weight excluding hydrogens is 278 g/mol. The van der Waals surface area contributed by atoms with E-state index in [1.807, 2.05) is 6.07 Å². The molecule has 2 aromatic rings. The summed E-state index contributed by atoms with van der Waals surface area (Å²) in [6, 6.07) is 10.4. The molecule has 21 heavy (non-hydrogen) atoms. The molecule has 0 fully saturated rings. The molecule has 1 heterocycles. The van der Waals surface area contributed by atoms with Crippen LogP contribution < -0.4 is 10.6 Å². The number of fused-ring (bicyclic) bond motifs is 1. The molecule has 4 heteroatoms. The van der Waals surface area contributed by atoms with Crippen molar-refractivity contribution in [2.45, 2.75) is 46.1 Å². The Bertz CT molecular complexity index is 657. The lowest BCUT2D eigenvalue weighted by molar-refractivity contribution is 0.515. The van der Waals surface area contributed by atoms with E-state index in [1.165, 1.54) is 5.56 Å². The first-order chi connectivity index (χ1) is 9.74. The van der Waals surface area contributed by atoms with E-state index >= 15 is 0 Å². The molecular formula is C17H23N3S. The zero-order valence-electron chi connectivity index (χ0n) is 13.3. The van der Waals surface area contributed by atoms with Gasteiger partial charge in [0.2, 0.25) is 0 Å². The topological polar surface area (TPSA) is 37.0 Å². The first-order valence-corrected chi connectivity index (χ1v) is 7.65. The summed E-state index contributed by atoms with van der Waals surface area (Å²) in [6.45, 7) is 10.6. The third kappa shape index (κ3) is 4.39. The first-order valence-electron chi connectivity index (χ1n) is 7.24. The van der Waals surface area contributed by atoms with Gasteiger partial charge in [0.1, 0.15) is 5.82 Å². The van der Waals surface area contributed by atoms with E-state index in [0.29, 0.717) is 11.0 Å². The molecule has 2 N–H and O–H groups in total. The van der Waals surface area contributed by atoms with Crippen molar-refractivity contribution in [3.8, 4) is 0 Å². The Morgan fingerprint density at radius 1 is 1.14 bits per heavy atom. The molecule has 0 aliphatic rings. The summed E-state index contributed by atoms with van der Waals surface area (Å²) in [5.41, 5.74) is 2.24. The van der Waals surface area contributed by atoms with E-state index in [9.17, 15) is 0 Å². The zero-order valence-corrected chi connectivity index (χ0v) is 14.1. The Kier molecular flexibility index (Phi) is 4.47. The van der Waals surface area contributed by atoms with Crippen LogP contribution in [-0.2, 0) is 0 Å². The van der Waals surface area contributed by atoms with Crippen LogP contribution in [0.3, 0.4) is 0 Å². The number of thiocarbonyl (C=S) groups is 1. The van der Waals surface area contributed by atoms with E-state index in [1.54, 1.807) is 0 Å². The van der Waals surface area contributed by atoms with E-state index in [4.69, 9.17) is 12.2 Å². The van der Waals surface area contributed by atoms with Gasteiger partial charge in [0, 0.05) is 10.9 Å². The minimum Gasteiger partial charge on any atom is -0.358 e. The van der Waals surface area contributed by atoms with Gasteiger partial charge in [-0.3, -0.25) is 0 Å². The molecule has 0 unspecified atom stereocenters. The SMILES string of the molecule is CC(C)c1ccc2nc(NC(=S)NC(C)(C)C)ccc2c1. The van der Waals surface area contributed by atoms with E-state index in [-0.39, 0.29) is 5.54 Å². The average Bonchev–Trinajstić information content (AvgIpc) is 2.35. The van der Waals surface area contributed by atoms with Crippen LogP contribution in [0.1, 0.15) is 46.1 Å². The Morgan fingerprint density at radius 2 is 1.86 bits per heavy atom. The second kappa shape index (κ2) is 5.98. The van der Waals surface area contributed by atoms with Crippen molar-refractivity contribution in [2.24, 2.45) is 0 Å². The van der Waals surface area contributed by atoms with Gasteiger partial charge in [0.05, 0.1) is 5.52 Å². The van der Waals surface area contributed by atoms with Crippen molar-refractivity contribution in [3.05, 3.63) is 35.9 Å². The Balaban J connectivity index is 2.20. The quantitative estimate of drug-likeness (QED) is 0.804. The molecule has 3 nitrogen and oxygen atoms in total. The molecule has 0 radical (unpaired) electrons. The third-order valence-corrected chi connectivity index (χ3v) is 3.31. The number of nitrogens with one attached hydrogen (secondary N) is 2. The highest BCUT2D eigenvalue weighted by Crippen LogP contribution is 2.21. The summed E-state index contributed by atoms with van der Waals surface area (Å²) in [5, 5.41) is 8.10. The summed E-state index contributed by atoms with van der Waals surface area (Å²) in [7, 11) is 0. The molecule has 0 amide bonds. The molecule has 0 aliphatic carbocycles. The van der Waals surface area contributed by atoms with E-state index in [0.717, 1.165) is 16.7 Å². The number of benzene rings is 1. The molecule has 0 bridgehead atoms. The highest BCUT2D eigenvalue weighted by atomic mass is 32.1. The molecule has 1 aromatic heterocycles. The summed E-state index contributed by atoms with van der Waals surface area (Å²) >= 11 is 5.30. The lowest BCUT2D eigenvalue weighted by Gasteiger charge is -2.22. The Labute approximate surface area is 132 Å². The van der Waals surface area contributed by atoms with Crippen molar-refractivity contribution in [1.82, 2.24) is 10.3 Å². The lowest BCUT2D eigenvalue weighted by Crippen LogP contribution is -2.43. The number of rotatable bonds is 2. The predicted octanol–water partition coefficient (Wildman–Crippen LogP) is 4.44. The minimum atomic E-state index is -0.0624. The summed E-state index contributed by atoms with van der Waals surface area (Å²) in [5.74, 6) is 1.29. The Morgan fingerprint density at radius 3 is 2.48 bits per heavy atom. The van der Waals surface area contributed by atoms with Crippen LogP contribution in [0.5, 0.6) is 0 Å². The van der Waals surface area contributed by atoms with Gasteiger partial charge in [-0.1, -0.05) is 19.9 Å². The van der Waals surface area contributed by atoms with Crippen molar-refractivity contribution >= 4 is 34.1 Å². The molecule has 0 atom stereocenters. The van der Waals surface area contributed by atoms with Crippen molar-refractivity contribution < 1.29 is 0 Å². The summed E-state index contributed by atoms with van der Waals surface area (Å²) in [4.78, 5) is 4.61. The molecule has 112 valence electrons. The molecule has 1 aromatic carbocycles. The third-order valence-electron chi connectivity index (χ3n) is 3.11. The standard InChI is InChI=1S/C17H23N3S/c1-11(2)12-6-8-14-13(10-12)7-9-15(18-14)19-16(21)20-17(3,4)5/h6-11H,1-5H3,(H2,18,19,20,21). The summed E-state index contributed by atoms with van der Waals surface area (Å²) < 4.78 is 0. The Hall–Kier alpha value is -1.68. The zero-order chi connectivity index (χ0) is 15.6. The fourth-order valence-corrected chi connectivity index (χ4v) is 2.47. The van der Waals surface area contributed by atoms with Crippen LogP contribution in [0.2, 0.25) is 0 Å². The maximum absolute atomic E-state index is 5.30. The van der Waals surface area contributed by atoms with Gasteiger partial charge in [-0.25, -0.2) is 4.98 Å². The first kappa shape index (κ1) is 15.7. The number of aromatic nitrogens is 1. The van der Waals surface area contributed by atoms with Gasteiger partial charge in [-0.05, 0) is 68.7 Å². The predicted molar refractivity (Wildman–Crippen MR) is 94.9 cm³/mol. The van der Waals surface area contributed by atoms with Gasteiger partial charge in [0.15, 0.2) is 5.11 Å². The van der Waals surface area contributed by atoms with Crippen LogP contribution in [0.15, 0.2) is 30.3 Å². The fourth-order valence-electron chi connectivity index (χ4n) is 2.06. The number of nitrogens with zero attached hydrogens (tertiary/aromatic N) is 1. The molecule has 0 spiro atoms. The largest absolute Gasteiger partial charge is 0.358 e. The van der Waals surface area contributed by atoms with E-state index < -0.39 is 0 Å². The van der Waals surface area contributed by atoms with Crippen LogP contribution in [0, 0.1) is 0 Å². The molecule has 2 rings (SSSR count). The van der Waals surface area contributed by atoms with Gasteiger partial charge in [0.25, 0.3) is 0 Å². The van der Waals surface area contributed by atoms with Crippen molar-refractivity contribution in [3.63, 3.8) is 0 Å². The van der Waals surface area contributed by atoms with Crippen LogP contribution in [0.25, 0.3) is 10.9 Å². The highest BCUT2D eigenvalue weighted by Gasteiger charge is 2.11. The van der Waals surface area contributed by atoms with E-state index in [2.05, 4.69) is 74.5 Å². The fraction of sp³-hybridized carbons (Fsp3) is 0.412. The van der Waals surface area contributed by atoms with Gasteiger partial charge >= 0.3 is 0 Å². The van der Waals surface area contributed by atoms with Crippen molar-refractivity contribution in [1.29, 1.82) is 0 Å². The second-order valence-electron chi connectivity index (χ2n) is 6.63. The number of anilines is 1. The minimum absolute atomic E-state index is 0.0624. The molecule has 0 saturated heterocycles. The second-order valence-corrected chi connectivity index (χ2v) is 7.04. The number of hydrogen-bond donors (Lipinski definition) is 2. The molecule has 0 saturated carbocycles. The van der Waals surface area contributed by atoms with Gasteiger partial charge < -0.3 is 10.6 Å². The van der Waals surface area contributed by atoms with Gasteiger partial charge in [-0.15, -0.1) is 0 Å². The van der Waals surface area contributed by atoms with Crippen LogP contribution in [0.4, 0.5) is 5.82 Å². The number of hydrogen-bond acceptors (Lipinski definition) is 2. The number of pyridine rings is 1. The van der Waals surface area contributed by atoms with Crippen LogP contribution in [-0.4, -0.2) is 15.6 Å². The molecule has 0 aliphatic heterocycles. The average molecular weight is 301 g/mol. The monoisotopic (exact) mass is 301 g/mol. The van der Waals surface area contributed by atoms with Crippen molar-refractivity contribution in [2.75, 3.05) is 5.32 Å². The maximum atomic E-state index is 5.30. The lowest BCUT2D eigenvalue weighted by atomic mass is 10.0. The normalized spacial score (nSPS) is 11.7. The summed E-state index contributed by atoms with van der Waals surface area (Å²) in [6.07, 6.45) is 0. The van der Waals surface area contributed by atoms with Crippen LogP contribution >= 0.6 is 12.2 Å². The van der Waals surface area contributed by atoms with Gasteiger partial charge in [-0.2, -0.15) is 0 Å². The maximum Gasteiger partial charge on any atom is 0.172 e. The smallest absolute Gasteiger partial charge is 0.172 e. The highest BCUT2D eigenvalue weighted by molar-refractivity contribution is 7.80.